The molecule has 2 N–H and O–H groups in total. The highest BCUT2D eigenvalue weighted by molar-refractivity contribution is 5.90. The molecule has 4 fully saturated rings. The van der Waals surface area contributed by atoms with Crippen LogP contribution < -0.4 is 0 Å². The summed E-state index contributed by atoms with van der Waals surface area (Å²) in [5, 5.41) is 24.7. The van der Waals surface area contributed by atoms with E-state index in [4.69, 9.17) is 71.1 Å². The third-order valence-corrected chi connectivity index (χ3v) is 16.7. The van der Waals surface area contributed by atoms with E-state index < -0.39 is 129 Å². The molecular formula is C73H80O19. The zero-order valence-corrected chi connectivity index (χ0v) is 51.8. The number of carbonyl (C=O) groups excluding carboxylic acids is 2. The van der Waals surface area contributed by atoms with Gasteiger partial charge in [-0.3, -0.25) is 0 Å². The third kappa shape index (κ3) is 17.0. The van der Waals surface area contributed by atoms with Gasteiger partial charge < -0.3 is 81.3 Å². The summed E-state index contributed by atoms with van der Waals surface area (Å²) in [4.78, 5) is 28.4. The topological polar surface area (TPSA) is 213 Å². The zero-order valence-electron chi connectivity index (χ0n) is 51.8. The molecule has 11 rings (SSSR count). The molecule has 92 heavy (non-hydrogen) atoms. The Kier molecular flexibility index (Phi) is 23.5. The van der Waals surface area contributed by atoms with Gasteiger partial charge in [-0.05, 0) is 72.9 Å². The summed E-state index contributed by atoms with van der Waals surface area (Å²) in [6.07, 6.45) is -22.7. The van der Waals surface area contributed by atoms with E-state index in [-0.39, 0.29) is 50.8 Å². The fourth-order valence-corrected chi connectivity index (χ4v) is 11.9. The molecule has 4 saturated heterocycles. The molecule has 4 aliphatic rings. The van der Waals surface area contributed by atoms with Crippen LogP contribution in [-0.4, -0.2) is 153 Å². The summed E-state index contributed by atoms with van der Waals surface area (Å²) in [6, 6.07) is 64.6. The van der Waals surface area contributed by atoms with E-state index >= 15 is 0 Å². The minimum atomic E-state index is -1.57. The lowest BCUT2D eigenvalue weighted by molar-refractivity contribution is -0.394. The molecule has 4 aliphatic heterocycles. The third-order valence-electron chi connectivity index (χ3n) is 16.7. The van der Waals surface area contributed by atoms with Crippen LogP contribution in [0.25, 0.3) is 0 Å². The molecule has 0 amide bonds. The van der Waals surface area contributed by atoms with Crippen LogP contribution in [0.4, 0.5) is 0 Å². The monoisotopic (exact) mass is 1260 g/mol. The van der Waals surface area contributed by atoms with Gasteiger partial charge in [0.05, 0.1) is 69.1 Å². The highest BCUT2D eigenvalue weighted by Crippen LogP contribution is 2.39. The molecule has 0 bridgehead atoms. The molecule has 7 aromatic carbocycles. The Morgan fingerprint density at radius 2 is 0.728 bits per heavy atom. The van der Waals surface area contributed by atoms with Crippen molar-refractivity contribution in [3.63, 3.8) is 0 Å². The number of methoxy groups -OCH3 is 1. The second-order valence-electron chi connectivity index (χ2n) is 23.2. The van der Waals surface area contributed by atoms with Gasteiger partial charge in [-0.25, -0.2) is 9.59 Å². The lowest BCUT2D eigenvalue weighted by atomic mass is 9.96. The lowest BCUT2D eigenvalue weighted by Crippen LogP contribution is -2.67. The maximum atomic E-state index is 14.5. The van der Waals surface area contributed by atoms with E-state index in [0.717, 1.165) is 27.8 Å². The van der Waals surface area contributed by atoms with E-state index in [2.05, 4.69) is 0 Å². The quantitative estimate of drug-likeness (QED) is 0.0483. The van der Waals surface area contributed by atoms with Gasteiger partial charge in [-0.15, -0.1) is 0 Å². The van der Waals surface area contributed by atoms with E-state index in [1.165, 1.54) is 7.11 Å². The van der Waals surface area contributed by atoms with Crippen LogP contribution >= 0.6 is 0 Å². The zero-order chi connectivity index (χ0) is 63.8. The second-order valence-corrected chi connectivity index (χ2v) is 23.2. The van der Waals surface area contributed by atoms with Gasteiger partial charge in [0.25, 0.3) is 0 Å². The van der Waals surface area contributed by atoms with Crippen molar-refractivity contribution in [3.8, 4) is 0 Å². The Labute approximate surface area is 536 Å². The highest BCUT2D eigenvalue weighted by Gasteiger charge is 2.57. The fraction of sp³-hybridized carbons (Fsp3) is 0.397. The normalized spacial score (nSPS) is 30.7. The number of carbonyl (C=O) groups is 2. The number of aliphatic hydroxyl groups excluding tert-OH is 2. The largest absolute Gasteiger partial charge is 0.453 e. The Morgan fingerprint density at radius 3 is 1.18 bits per heavy atom. The van der Waals surface area contributed by atoms with Crippen molar-refractivity contribution < 1.29 is 90.9 Å². The molecule has 19 heteroatoms. The number of esters is 2. The van der Waals surface area contributed by atoms with Gasteiger partial charge in [0, 0.05) is 7.11 Å². The highest BCUT2D eigenvalue weighted by atomic mass is 16.8. The molecule has 0 radical (unpaired) electrons. The summed E-state index contributed by atoms with van der Waals surface area (Å²) in [7, 11) is 1.41. The molecule has 0 unspecified atom stereocenters. The van der Waals surface area contributed by atoms with Crippen LogP contribution in [0.3, 0.4) is 0 Å². The molecule has 0 spiro atoms. The summed E-state index contributed by atoms with van der Waals surface area (Å²) >= 11 is 0. The van der Waals surface area contributed by atoms with Crippen LogP contribution in [0.2, 0.25) is 0 Å². The number of hydrogen-bond donors (Lipinski definition) is 2. The molecule has 0 aromatic heterocycles. The predicted molar refractivity (Wildman–Crippen MR) is 333 cm³/mol. The maximum absolute atomic E-state index is 14.5. The van der Waals surface area contributed by atoms with Crippen molar-refractivity contribution in [2.45, 2.75) is 171 Å². The predicted octanol–water partition coefficient (Wildman–Crippen LogP) is 9.48. The van der Waals surface area contributed by atoms with Gasteiger partial charge in [0.15, 0.2) is 37.4 Å². The first-order valence-electron chi connectivity index (χ1n) is 31.2. The van der Waals surface area contributed by atoms with Gasteiger partial charge in [-0.2, -0.15) is 0 Å². The fourth-order valence-electron chi connectivity index (χ4n) is 11.9. The first-order valence-corrected chi connectivity index (χ1v) is 31.2. The maximum Gasteiger partial charge on any atom is 0.338 e. The Hall–Kier alpha value is -7.12. The van der Waals surface area contributed by atoms with E-state index in [0.29, 0.717) is 0 Å². The van der Waals surface area contributed by atoms with Gasteiger partial charge >= 0.3 is 11.9 Å². The minimum Gasteiger partial charge on any atom is -0.453 e. The van der Waals surface area contributed by atoms with Crippen molar-refractivity contribution in [2.24, 2.45) is 0 Å². The van der Waals surface area contributed by atoms with Crippen LogP contribution in [0.5, 0.6) is 0 Å². The first kappa shape index (κ1) is 66.3. The van der Waals surface area contributed by atoms with Crippen LogP contribution in [0.1, 0.15) is 69.3 Å². The minimum absolute atomic E-state index is 0.0220. The van der Waals surface area contributed by atoms with Gasteiger partial charge in [-0.1, -0.05) is 188 Å². The Morgan fingerprint density at radius 1 is 0.370 bits per heavy atom. The Bertz CT molecular complexity index is 3250. The lowest BCUT2D eigenvalue weighted by Gasteiger charge is -2.50. The number of benzene rings is 7. The molecular weight excluding hydrogens is 1180 g/mol. The molecule has 19 nitrogen and oxygen atoms in total. The van der Waals surface area contributed by atoms with Crippen molar-refractivity contribution in [2.75, 3.05) is 13.7 Å². The molecule has 0 aliphatic carbocycles. The summed E-state index contributed by atoms with van der Waals surface area (Å²) in [5.41, 5.74) is 4.70. The van der Waals surface area contributed by atoms with Crippen molar-refractivity contribution >= 4 is 11.9 Å². The summed E-state index contributed by atoms with van der Waals surface area (Å²) < 4.78 is 101. The second kappa shape index (κ2) is 32.6. The standard InChI is InChI=1S/C73H80O19/c1-46-59(80-41-50-28-14-6-15-29-50)64(65(70(77)85-46)83-44-53-34-20-9-21-35-53)91-72-66(92-73-67(90-69(76)55-38-24-11-25-39-55)63(78-4)60(48(3)87-73)89-68(75)54-36-22-10-23-37-54)61(81-42-51-30-16-7-17-31-51)56(45-84-72)88-71-57(74)62(82-43-52-32-18-8-19-33-52)58(47(2)86-71)79-40-49-26-12-5-13-27-49/h5-39,46-48,56-67,70-74,77H,40-45H2,1-4H3/t46-,47-,48-,56-,57-,58-,59-,60-,61+,62+,63+,64+,65-,66-,67-,70-,71+,72+,73+/m1/s1. The van der Waals surface area contributed by atoms with Crippen molar-refractivity contribution in [1.29, 1.82) is 0 Å². The molecule has 0 saturated carbocycles. The molecule has 4 heterocycles. The van der Waals surface area contributed by atoms with E-state index in [9.17, 15) is 19.8 Å². The van der Waals surface area contributed by atoms with E-state index in [1.807, 2.05) is 159 Å². The molecule has 486 valence electrons. The first-order chi connectivity index (χ1) is 45.0. The average Bonchev–Trinajstić information content (AvgIpc) is 0.907. The van der Waals surface area contributed by atoms with Gasteiger partial charge in [0.1, 0.15) is 61.0 Å². The van der Waals surface area contributed by atoms with Crippen molar-refractivity contribution in [1.82, 2.24) is 0 Å². The Balaban J connectivity index is 0.981. The average molecular weight is 1260 g/mol. The number of ether oxygens (including phenoxy) is 15. The number of hydrogen-bond acceptors (Lipinski definition) is 19. The smallest absolute Gasteiger partial charge is 0.338 e. The van der Waals surface area contributed by atoms with Crippen molar-refractivity contribution in [3.05, 3.63) is 251 Å². The van der Waals surface area contributed by atoms with Crippen LogP contribution in [0.15, 0.2) is 212 Å². The number of aliphatic hydroxyl groups is 2. The van der Waals surface area contributed by atoms with Crippen LogP contribution in [-0.2, 0) is 104 Å². The number of rotatable bonds is 26. The molecule has 19 atom stereocenters. The molecule has 7 aromatic rings. The SMILES string of the molecule is CO[C@@H]1[C@@H](OC(=O)c2ccccc2)[C@H](O[C@H]2[C@H](O[C@@H]3[C@@H](OCc4ccccc4)[C@H](O)O[C@H](C)[C@H]3OCc3ccccc3)OC[C@@H](O[C@@H]3O[C@H](C)[C@@H](OCc4ccccc4)[C@@H](OCc4ccccc4)[C@H]3O)[C@@H]2OCc2ccccc2)O[C@H](C)[C@H]1OC(=O)c1ccccc1. The summed E-state index contributed by atoms with van der Waals surface area (Å²) in [5.74, 6) is -1.44. The van der Waals surface area contributed by atoms with Crippen LogP contribution in [0, 0.1) is 0 Å². The summed E-state index contributed by atoms with van der Waals surface area (Å²) in [6.45, 7) is 5.50. The van der Waals surface area contributed by atoms with E-state index in [1.54, 1.807) is 74.5 Å². The van der Waals surface area contributed by atoms with Gasteiger partial charge in [0.2, 0.25) is 0 Å².